The van der Waals surface area contributed by atoms with E-state index < -0.39 is 10.4 Å². The van der Waals surface area contributed by atoms with Crippen LogP contribution in [0.2, 0.25) is 0 Å². The Morgan fingerprint density at radius 1 is 1.13 bits per heavy atom. The molecule has 0 fully saturated rings. The third-order valence-corrected chi connectivity index (χ3v) is 2.71. The summed E-state index contributed by atoms with van der Waals surface area (Å²) in [4.78, 5) is 0. The van der Waals surface area contributed by atoms with Crippen molar-refractivity contribution in [3.63, 3.8) is 0 Å². The molecule has 0 radical (unpaired) electrons. The minimum Gasteiger partial charge on any atom is -0.244 e. The van der Waals surface area contributed by atoms with E-state index in [9.17, 15) is 8.42 Å². The van der Waals surface area contributed by atoms with Gasteiger partial charge in [0.25, 0.3) is 0 Å². The second-order valence-corrected chi connectivity index (χ2v) is 4.49. The van der Waals surface area contributed by atoms with Crippen molar-refractivity contribution in [1.82, 2.24) is 0 Å². The fraction of sp³-hybridized carbons (Fsp3) is 0.333. The maximum absolute atomic E-state index is 10.9. The Bertz CT molecular complexity index is 306. The summed E-state index contributed by atoms with van der Waals surface area (Å²) in [6.45, 7) is 6.74. The maximum Gasteiger partial charge on any atom is 0.400 e. The Morgan fingerprint density at radius 3 is 2.40 bits per heavy atom. The Kier molecular flexibility index (Phi) is 8.40. The first-order valence-corrected chi connectivity index (χ1v) is 6.53. The fourth-order valence-corrected chi connectivity index (χ4v) is 1.56. The van der Waals surface area contributed by atoms with Crippen molar-refractivity contribution in [2.45, 2.75) is 0 Å². The highest BCUT2D eigenvalue weighted by atomic mass is 32.3. The molecular formula is C9H14O4S2. The van der Waals surface area contributed by atoms with E-state index in [2.05, 4.69) is 21.5 Å². The van der Waals surface area contributed by atoms with Gasteiger partial charge in [0.05, 0.1) is 13.2 Å². The number of thioether (sulfide) groups is 1. The molecule has 4 nitrogen and oxygen atoms in total. The van der Waals surface area contributed by atoms with Crippen LogP contribution in [-0.4, -0.2) is 27.4 Å². The second-order valence-electron chi connectivity index (χ2n) is 2.26. The summed E-state index contributed by atoms with van der Waals surface area (Å²) in [5.41, 5.74) is 0. The predicted molar refractivity (Wildman–Crippen MR) is 62.8 cm³/mol. The molecule has 0 spiro atoms. The van der Waals surface area contributed by atoms with Gasteiger partial charge in [-0.3, -0.25) is 0 Å². The highest BCUT2D eigenvalue weighted by molar-refractivity contribution is 8.02. The lowest BCUT2D eigenvalue weighted by Gasteiger charge is -2.00. The minimum absolute atomic E-state index is 0.0381. The van der Waals surface area contributed by atoms with Crippen molar-refractivity contribution in [3.8, 4) is 0 Å². The highest BCUT2D eigenvalue weighted by Crippen LogP contribution is 2.02. The van der Waals surface area contributed by atoms with E-state index in [0.717, 1.165) is 5.75 Å². The minimum atomic E-state index is -3.89. The fourth-order valence-electron chi connectivity index (χ4n) is 0.519. The first-order valence-electron chi connectivity index (χ1n) is 4.14. The van der Waals surface area contributed by atoms with Gasteiger partial charge in [0.1, 0.15) is 0 Å². The average molecular weight is 250 g/mol. The molecule has 6 heteroatoms. The van der Waals surface area contributed by atoms with Crippen molar-refractivity contribution in [2.75, 3.05) is 19.0 Å². The van der Waals surface area contributed by atoms with Crippen LogP contribution >= 0.6 is 11.8 Å². The third-order valence-electron chi connectivity index (χ3n) is 1.05. The molecule has 0 bridgehead atoms. The zero-order valence-corrected chi connectivity index (χ0v) is 9.93. The van der Waals surface area contributed by atoms with Crippen LogP contribution in [0.4, 0.5) is 0 Å². The van der Waals surface area contributed by atoms with Crippen LogP contribution in [0, 0.1) is 0 Å². The molecule has 0 aromatic rings. The average Bonchev–Trinajstić information content (AvgIpc) is 2.20. The van der Waals surface area contributed by atoms with Crippen LogP contribution in [-0.2, 0) is 18.8 Å². The van der Waals surface area contributed by atoms with Crippen LogP contribution in [0.25, 0.3) is 0 Å². The molecule has 0 saturated heterocycles. The zero-order valence-electron chi connectivity index (χ0n) is 8.29. The monoisotopic (exact) mass is 250 g/mol. The normalized spacial score (nSPS) is 11.7. The summed E-state index contributed by atoms with van der Waals surface area (Å²) >= 11 is 1.49. The number of hydrogen-bond donors (Lipinski definition) is 0. The molecule has 86 valence electrons. The lowest BCUT2D eigenvalue weighted by molar-refractivity contribution is 0.247. The molecule has 0 aromatic carbocycles. The van der Waals surface area contributed by atoms with E-state index in [1.807, 2.05) is 0 Å². The van der Waals surface area contributed by atoms with Gasteiger partial charge in [0, 0.05) is 5.75 Å². The number of hydrogen-bond acceptors (Lipinski definition) is 5. The van der Waals surface area contributed by atoms with Gasteiger partial charge in [-0.2, -0.15) is 8.42 Å². The molecule has 0 heterocycles. The second kappa shape index (κ2) is 8.72. The summed E-state index contributed by atoms with van der Waals surface area (Å²) in [6.07, 6.45) is 4.67. The van der Waals surface area contributed by atoms with Gasteiger partial charge in [0.15, 0.2) is 0 Å². The Hall–Kier alpha value is -0.560. The molecule has 0 aliphatic carbocycles. The largest absolute Gasteiger partial charge is 0.400 e. The van der Waals surface area contributed by atoms with E-state index in [-0.39, 0.29) is 13.2 Å². The number of rotatable bonds is 9. The maximum atomic E-state index is 10.9. The van der Waals surface area contributed by atoms with Crippen molar-refractivity contribution < 1.29 is 16.8 Å². The quantitative estimate of drug-likeness (QED) is 0.462. The van der Waals surface area contributed by atoms with Gasteiger partial charge < -0.3 is 0 Å². The van der Waals surface area contributed by atoms with E-state index in [0.29, 0.717) is 0 Å². The Morgan fingerprint density at radius 2 is 1.80 bits per heavy atom. The van der Waals surface area contributed by atoms with Gasteiger partial charge in [-0.25, -0.2) is 8.37 Å². The van der Waals surface area contributed by atoms with Gasteiger partial charge in [-0.1, -0.05) is 18.2 Å². The zero-order chi connectivity index (χ0) is 11.6. The van der Waals surface area contributed by atoms with E-state index in [1.165, 1.54) is 17.8 Å². The Balaban J connectivity index is 3.69. The molecule has 0 aromatic heterocycles. The molecule has 0 aliphatic heterocycles. The van der Waals surface area contributed by atoms with E-state index in [1.54, 1.807) is 17.6 Å². The molecule has 0 amide bonds. The van der Waals surface area contributed by atoms with Crippen LogP contribution < -0.4 is 0 Å². The van der Waals surface area contributed by atoms with E-state index in [4.69, 9.17) is 0 Å². The molecule has 0 rings (SSSR count). The van der Waals surface area contributed by atoms with Crippen LogP contribution in [0.1, 0.15) is 0 Å². The van der Waals surface area contributed by atoms with Crippen molar-refractivity contribution >= 4 is 22.2 Å². The lowest BCUT2D eigenvalue weighted by Crippen LogP contribution is -2.10. The summed E-state index contributed by atoms with van der Waals surface area (Å²) in [5.74, 6) is 0.774. The van der Waals surface area contributed by atoms with Gasteiger partial charge in [-0.15, -0.1) is 24.9 Å². The third kappa shape index (κ3) is 9.74. The first-order chi connectivity index (χ1) is 7.12. The molecule has 0 atom stereocenters. The molecule has 0 unspecified atom stereocenters. The van der Waals surface area contributed by atoms with Crippen molar-refractivity contribution in [2.24, 2.45) is 0 Å². The smallest absolute Gasteiger partial charge is 0.244 e. The molecular weight excluding hydrogens is 236 g/mol. The SMILES string of the molecule is C=CCOS(=O)(=O)OCC=CSCC=C. The predicted octanol–water partition coefficient (Wildman–Crippen LogP) is 1.88. The summed E-state index contributed by atoms with van der Waals surface area (Å²) in [5, 5.41) is 1.74. The van der Waals surface area contributed by atoms with Crippen LogP contribution in [0.3, 0.4) is 0 Å². The van der Waals surface area contributed by atoms with Gasteiger partial charge in [0.2, 0.25) is 0 Å². The van der Waals surface area contributed by atoms with Crippen LogP contribution in [0.15, 0.2) is 36.8 Å². The highest BCUT2D eigenvalue weighted by Gasteiger charge is 2.08. The standard InChI is InChI=1S/C9H14O4S2/c1-3-6-12-15(10,11)13-7-5-9-14-8-4-2/h3-5,9H,1-2,6-8H2. The van der Waals surface area contributed by atoms with E-state index >= 15 is 0 Å². The lowest BCUT2D eigenvalue weighted by atomic mass is 10.7. The summed E-state index contributed by atoms with van der Waals surface area (Å²) < 4.78 is 30.7. The van der Waals surface area contributed by atoms with Crippen molar-refractivity contribution in [1.29, 1.82) is 0 Å². The first kappa shape index (κ1) is 14.4. The molecule has 0 saturated carbocycles. The molecule has 0 N–H and O–H groups in total. The molecule has 15 heavy (non-hydrogen) atoms. The van der Waals surface area contributed by atoms with Gasteiger partial charge in [-0.05, 0) is 5.41 Å². The Labute approximate surface area is 95.0 Å². The summed E-state index contributed by atoms with van der Waals surface area (Å²) in [7, 11) is -3.89. The molecule has 0 aliphatic rings. The van der Waals surface area contributed by atoms with Crippen molar-refractivity contribution in [3.05, 3.63) is 36.8 Å². The topological polar surface area (TPSA) is 52.6 Å². The summed E-state index contributed by atoms with van der Waals surface area (Å²) in [6, 6.07) is 0. The van der Waals surface area contributed by atoms with Crippen LogP contribution in [0.5, 0.6) is 0 Å². The van der Waals surface area contributed by atoms with Gasteiger partial charge >= 0.3 is 10.4 Å².